The van der Waals surface area contributed by atoms with Gasteiger partial charge in [-0.1, -0.05) is 0 Å². The standard InChI is InChI=1S/C20H24N4O8S/c1-29-15-11-18(30-2)16(19(12-15)31-3)13-21-22-17-5-4-14(24(25)26)10-20(17)33(27,28)23-6-8-32-9-7-23/h4-5,10-13,22H,6-9H2,1-3H3. The zero-order valence-electron chi connectivity index (χ0n) is 18.3. The maximum absolute atomic E-state index is 13.2. The fourth-order valence-electron chi connectivity index (χ4n) is 3.18. The summed E-state index contributed by atoms with van der Waals surface area (Å²) < 4.78 is 48.8. The number of hydrazone groups is 1. The minimum Gasteiger partial charge on any atom is -0.496 e. The molecular weight excluding hydrogens is 456 g/mol. The summed E-state index contributed by atoms with van der Waals surface area (Å²) in [4.78, 5) is 10.3. The molecule has 12 nitrogen and oxygen atoms in total. The van der Waals surface area contributed by atoms with Gasteiger partial charge in [-0.05, 0) is 6.07 Å². The van der Waals surface area contributed by atoms with Gasteiger partial charge in [-0.25, -0.2) is 8.42 Å². The second-order valence-corrected chi connectivity index (χ2v) is 8.68. The summed E-state index contributed by atoms with van der Waals surface area (Å²) in [7, 11) is 0.426. The molecule has 2 aromatic carbocycles. The number of non-ortho nitro benzene ring substituents is 1. The molecule has 1 heterocycles. The minimum absolute atomic E-state index is 0.0785. The van der Waals surface area contributed by atoms with Crippen LogP contribution in [0.25, 0.3) is 0 Å². The molecule has 1 aliphatic rings. The fraction of sp³-hybridized carbons (Fsp3) is 0.350. The smallest absolute Gasteiger partial charge is 0.270 e. The number of hydrogen-bond acceptors (Lipinski definition) is 10. The topological polar surface area (TPSA) is 142 Å². The number of sulfonamides is 1. The molecule has 1 N–H and O–H groups in total. The number of rotatable bonds is 9. The molecule has 0 unspecified atom stereocenters. The number of nitro groups is 1. The minimum atomic E-state index is -4.03. The number of hydrogen-bond donors (Lipinski definition) is 1. The highest BCUT2D eigenvalue weighted by Crippen LogP contribution is 2.33. The Hall–Kier alpha value is -3.42. The number of nitrogens with zero attached hydrogens (tertiary/aromatic N) is 3. The van der Waals surface area contributed by atoms with Crippen molar-refractivity contribution in [3.63, 3.8) is 0 Å². The van der Waals surface area contributed by atoms with E-state index in [2.05, 4.69) is 10.5 Å². The number of ether oxygens (including phenoxy) is 4. The lowest BCUT2D eigenvalue weighted by Crippen LogP contribution is -2.40. The molecule has 3 rings (SSSR count). The van der Waals surface area contributed by atoms with Crippen LogP contribution < -0.4 is 19.6 Å². The number of morpholine rings is 1. The van der Waals surface area contributed by atoms with Crippen LogP contribution in [0.4, 0.5) is 11.4 Å². The van der Waals surface area contributed by atoms with E-state index in [9.17, 15) is 18.5 Å². The van der Waals surface area contributed by atoms with Crippen LogP contribution in [0.3, 0.4) is 0 Å². The molecule has 33 heavy (non-hydrogen) atoms. The van der Waals surface area contributed by atoms with E-state index in [1.165, 1.54) is 44.0 Å². The number of nitrogens with one attached hydrogen (secondary N) is 1. The van der Waals surface area contributed by atoms with E-state index < -0.39 is 14.9 Å². The van der Waals surface area contributed by atoms with Crippen molar-refractivity contribution >= 4 is 27.6 Å². The van der Waals surface area contributed by atoms with Crippen molar-refractivity contribution in [3.05, 3.63) is 46.0 Å². The average molecular weight is 480 g/mol. The normalized spacial score (nSPS) is 14.8. The first-order chi connectivity index (χ1) is 15.8. The van der Waals surface area contributed by atoms with Gasteiger partial charge in [0.25, 0.3) is 5.69 Å². The van der Waals surface area contributed by atoms with Gasteiger partial charge in [-0.3, -0.25) is 15.5 Å². The number of benzene rings is 2. The van der Waals surface area contributed by atoms with E-state index >= 15 is 0 Å². The van der Waals surface area contributed by atoms with Crippen LogP contribution in [0, 0.1) is 10.1 Å². The summed E-state index contributed by atoms with van der Waals surface area (Å²) >= 11 is 0. The van der Waals surface area contributed by atoms with Crippen LogP contribution >= 0.6 is 0 Å². The average Bonchev–Trinajstić information content (AvgIpc) is 2.84. The highest BCUT2D eigenvalue weighted by atomic mass is 32.2. The molecule has 0 aromatic heterocycles. The Morgan fingerprint density at radius 2 is 1.73 bits per heavy atom. The van der Waals surface area contributed by atoms with E-state index in [-0.39, 0.29) is 42.6 Å². The fourth-order valence-corrected chi connectivity index (χ4v) is 4.75. The third-order valence-electron chi connectivity index (χ3n) is 4.90. The van der Waals surface area contributed by atoms with Gasteiger partial charge in [-0.2, -0.15) is 9.41 Å². The van der Waals surface area contributed by atoms with Gasteiger partial charge in [-0.15, -0.1) is 0 Å². The molecule has 2 aromatic rings. The van der Waals surface area contributed by atoms with E-state index in [0.29, 0.717) is 22.8 Å². The Bertz CT molecular complexity index is 1120. The van der Waals surface area contributed by atoms with Crippen LogP contribution in [-0.4, -0.2) is 71.5 Å². The van der Waals surface area contributed by atoms with Gasteiger partial charge in [0, 0.05) is 37.4 Å². The van der Waals surface area contributed by atoms with Crippen molar-refractivity contribution in [2.24, 2.45) is 5.10 Å². The Labute approximate surface area is 190 Å². The Balaban J connectivity index is 1.98. The molecule has 1 fully saturated rings. The zero-order chi connectivity index (χ0) is 24.0. The predicted molar refractivity (Wildman–Crippen MR) is 120 cm³/mol. The highest BCUT2D eigenvalue weighted by Gasteiger charge is 2.30. The monoisotopic (exact) mass is 480 g/mol. The summed E-state index contributed by atoms with van der Waals surface area (Å²) in [5.74, 6) is 1.35. The van der Waals surface area contributed by atoms with E-state index in [1.54, 1.807) is 12.1 Å². The molecular formula is C20H24N4O8S. The van der Waals surface area contributed by atoms with Gasteiger partial charge in [0.2, 0.25) is 10.0 Å². The zero-order valence-corrected chi connectivity index (χ0v) is 19.1. The lowest BCUT2D eigenvalue weighted by atomic mass is 10.2. The van der Waals surface area contributed by atoms with Crippen LogP contribution in [0.2, 0.25) is 0 Å². The molecule has 1 saturated heterocycles. The maximum atomic E-state index is 13.2. The van der Waals surface area contributed by atoms with Crippen molar-refractivity contribution in [1.29, 1.82) is 0 Å². The Kier molecular flexibility index (Phi) is 7.68. The first kappa shape index (κ1) is 24.2. The van der Waals surface area contributed by atoms with Gasteiger partial charge in [0.15, 0.2) is 0 Å². The number of methoxy groups -OCH3 is 3. The molecule has 0 radical (unpaired) electrons. The van der Waals surface area contributed by atoms with Crippen LogP contribution in [-0.2, 0) is 14.8 Å². The molecule has 178 valence electrons. The van der Waals surface area contributed by atoms with Gasteiger partial charge >= 0.3 is 0 Å². The Morgan fingerprint density at radius 3 is 2.27 bits per heavy atom. The third-order valence-corrected chi connectivity index (χ3v) is 6.83. The van der Waals surface area contributed by atoms with Crippen LogP contribution in [0.1, 0.15) is 5.56 Å². The third kappa shape index (κ3) is 5.32. The van der Waals surface area contributed by atoms with Gasteiger partial charge in [0.05, 0.1) is 56.9 Å². The highest BCUT2D eigenvalue weighted by molar-refractivity contribution is 7.89. The summed E-state index contributed by atoms with van der Waals surface area (Å²) in [6.07, 6.45) is 1.39. The molecule has 1 aliphatic heterocycles. The number of nitro benzene ring substituents is 1. The first-order valence-corrected chi connectivity index (χ1v) is 11.2. The second kappa shape index (κ2) is 10.5. The SMILES string of the molecule is COc1cc(OC)c(C=NNc2ccc([N+](=O)[O-])cc2S(=O)(=O)N2CCOCC2)c(OC)c1. The van der Waals surface area contributed by atoms with E-state index in [4.69, 9.17) is 18.9 Å². The quantitative estimate of drug-likeness (QED) is 0.324. The van der Waals surface area contributed by atoms with Crippen molar-refractivity contribution < 1.29 is 32.3 Å². The largest absolute Gasteiger partial charge is 0.496 e. The molecule has 13 heteroatoms. The predicted octanol–water partition coefficient (Wildman–Crippen LogP) is 2.09. The van der Waals surface area contributed by atoms with Crippen LogP contribution in [0.5, 0.6) is 17.2 Å². The van der Waals surface area contributed by atoms with E-state index in [0.717, 1.165) is 6.07 Å². The van der Waals surface area contributed by atoms with Crippen molar-refractivity contribution in [3.8, 4) is 17.2 Å². The first-order valence-electron chi connectivity index (χ1n) is 9.77. The van der Waals surface area contributed by atoms with Crippen molar-refractivity contribution in [1.82, 2.24) is 4.31 Å². The molecule has 0 spiro atoms. The van der Waals surface area contributed by atoms with Gasteiger partial charge < -0.3 is 18.9 Å². The molecule has 0 aliphatic carbocycles. The lowest BCUT2D eigenvalue weighted by Gasteiger charge is -2.26. The van der Waals surface area contributed by atoms with E-state index in [1.807, 2.05) is 0 Å². The summed E-state index contributed by atoms with van der Waals surface area (Å²) in [6.45, 7) is 0.778. The van der Waals surface area contributed by atoms with Crippen molar-refractivity contribution in [2.45, 2.75) is 4.90 Å². The summed E-state index contributed by atoms with van der Waals surface area (Å²) in [5, 5.41) is 15.4. The maximum Gasteiger partial charge on any atom is 0.270 e. The summed E-state index contributed by atoms with van der Waals surface area (Å²) in [5.41, 5.74) is 2.88. The molecule has 0 atom stereocenters. The molecule has 0 bridgehead atoms. The summed E-state index contributed by atoms with van der Waals surface area (Å²) in [6, 6.07) is 6.79. The van der Waals surface area contributed by atoms with Gasteiger partial charge in [0.1, 0.15) is 22.1 Å². The second-order valence-electron chi connectivity index (χ2n) is 6.77. The van der Waals surface area contributed by atoms with Crippen LogP contribution in [0.15, 0.2) is 40.3 Å². The van der Waals surface area contributed by atoms with Crippen molar-refractivity contribution in [2.75, 3.05) is 53.1 Å². The molecule has 0 saturated carbocycles. The lowest BCUT2D eigenvalue weighted by molar-refractivity contribution is -0.385. The Morgan fingerprint density at radius 1 is 1.09 bits per heavy atom. The molecule has 0 amide bonds. The number of anilines is 1.